The molecule has 5 heteroatoms. The molecule has 1 aliphatic rings. The maximum Gasteiger partial charge on any atom is 0.225 e. The third-order valence-electron chi connectivity index (χ3n) is 3.93. The molecule has 1 atom stereocenters. The molecule has 2 amide bonds. The Labute approximate surface area is 136 Å². The molecule has 1 saturated heterocycles. The Kier molecular flexibility index (Phi) is 5.12. The van der Waals surface area contributed by atoms with Crippen LogP contribution in [-0.4, -0.2) is 35.3 Å². The summed E-state index contributed by atoms with van der Waals surface area (Å²) in [5, 5.41) is 3.64. The Morgan fingerprint density at radius 3 is 2.50 bits per heavy atom. The predicted octanol–water partition coefficient (Wildman–Crippen LogP) is 2.65. The molecular formula is C17H23ClN2O2. The first-order valence-electron chi connectivity index (χ1n) is 7.60. The smallest absolute Gasteiger partial charge is 0.225 e. The summed E-state index contributed by atoms with van der Waals surface area (Å²) in [6, 6.07) is 7.59. The second kappa shape index (κ2) is 6.69. The van der Waals surface area contributed by atoms with E-state index in [-0.39, 0.29) is 23.3 Å². The van der Waals surface area contributed by atoms with Crippen molar-refractivity contribution in [1.82, 2.24) is 10.2 Å². The summed E-state index contributed by atoms with van der Waals surface area (Å²) in [6.07, 6.45) is 1.07. The van der Waals surface area contributed by atoms with Crippen LogP contribution in [-0.2, 0) is 16.0 Å². The fraction of sp³-hybridized carbons (Fsp3) is 0.529. The lowest BCUT2D eigenvalue weighted by Gasteiger charge is -2.31. The number of carbonyl (C=O) groups excluding carboxylic acids is 2. The number of nitrogens with zero attached hydrogens (tertiary/aromatic N) is 1. The van der Waals surface area contributed by atoms with Crippen LogP contribution < -0.4 is 5.32 Å². The average molecular weight is 323 g/mol. The van der Waals surface area contributed by atoms with E-state index in [9.17, 15) is 9.59 Å². The molecule has 22 heavy (non-hydrogen) atoms. The fourth-order valence-corrected chi connectivity index (χ4v) is 2.78. The Bertz CT molecular complexity index is 549. The predicted molar refractivity (Wildman–Crippen MR) is 87.7 cm³/mol. The van der Waals surface area contributed by atoms with Crippen molar-refractivity contribution >= 4 is 23.4 Å². The van der Waals surface area contributed by atoms with Crippen LogP contribution in [0.25, 0.3) is 0 Å². The van der Waals surface area contributed by atoms with Crippen molar-refractivity contribution in [2.24, 2.45) is 5.92 Å². The van der Waals surface area contributed by atoms with Crippen LogP contribution in [0.2, 0.25) is 5.02 Å². The highest BCUT2D eigenvalue weighted by atomic mass is 35.5. The Morgan fingerprint density at radius 1 is 1.32 bits per heavy atom. The zero-order valence-corrected chi connectivity index (χ0v) is 14.1. The molecule has 1 aromatic carbocycles. The standard InChI is InChI=1S/C17H23ClN2O2/c1-17(2,3)20-11-13(10-15(20)21)16(22)19-9-8-12-4-6-14(18)7-5-12/h4-7,13H,8-11H2,1-3H3,(H,19,22)/t13-/m0/s1. The van der Waals surface area contributed by atoms with Crippen molar-refractivity contribution in [3.8, 4) is 0 Å². The van der Waals surface area contributed by atoms with E-state index in [1.54, 1.807) is 4.90 Å². The summed E-state index contributed by atoms with van der Waals surface area (Å²) >= 11 is 5.84. The van der Waals surface area contributed by atoms with E-state index < -0.39 is 0 Å². The van der Waals surface area contributed by atoms with Gasteiger partial charge in [-0.25, -0.2) is 0 Å². The minimum Gasteiger partial charge on any atom is -0.355 e. The molecule has 1 fully saturated rings. The van der Waals surface area contributed by atoms with Gasteiger partial charge in [0, 0.05) is 30.1 Å². The van der Waals surface area contributed by atoms with Gasteiger partial charge in [0.05, 0.1) is 5.92 Å². The number of halogens is 1. The molecule has 0 aliphatic carbocycles. The number of nitrogens with one attached hydrogen (secondary N) is 1. The number of hydrogen-bond acceptors (Lipinski definition) is 2. The zero-order chi connectivity index (χ0) is 16.3. The van der Waals surface area contributed by atoms with Crippen LogP contribution in [0.5, 0.6) is 0 Å². The van der Waals surface area contributed by atoms with Gasteiger partial charge >= 0.3 is 0 Å². The van der Waals surface area contributed by atoms with Gasteiger partial charge in [0.2, 0.25) is 11.8 Å². The van der Waals surface area contributed by atoms with E-state index in [2.05, 4.69) is 5.32 Å². The Hall–Kier alpha value is -1.55. The topological polar surface area (TPSA) is 49.4 Å². The first-order valence-corrected chi connectivity index (χ1v) is 7.98. The lowest BCUT2D eigenvalue weighted by molar-refractivity contribution is -0.132. The summed E-state index contributed by atoms with van der Waals surface area (Å²) in [4.78, 5) is 26.0. The van der Waals surface area contributed by atoms with Crippen molar-refractivity contribution in [3.63, 3.8) is 0 Å². The molecule has 0 bridgehead atoms. The molecule has 1 N–H and O–H groups in total. The quantitative estimate of drug-likeness (QED) is 0.926. The lowest BCUT2D eigenvalue weighted by atomic mass is 10.1. The van der Waals surface area contributed by atoms with Gasteiger partial charge in [-0.1, -0.05) is 23.7 Å². The minimum atomic E-state index is -0.239. The lowest BCUT2D eigenvalue weighted by Crippen LogP contribution is -2.43. The van der Waals surface area contributed by atoms with Crippen LogP contribution in [0.4, 0.5) is 0 Å². The molecule has 0 aromatic heterocycles. The molecule has 0 unspecified atom stereocenters. The summed E-state index contributed by atoms with van der Waals surface area (Å²) in [5.41, 5.74) is 0.901. The van der Waals surface area contributed by atoms with Crippen molar-refractivity contribution < 1.29 is 9.59 Å². The third-order valence-corrected chi connectivity index (χ3v) is 4.18. The SMILES string of the molecule is CC(C)(C)N1C[C@@H](C(=O)NCCc2ccc(Cl)cc2)CC1=O. The van der Waals surface area contributed by atoms with E-state index in [0.29, 0.717) is 24.5 Å². The number of carbonyl (C=O) groups is 2. The molecule has 0 spiro atoms. The molecule has 2 rings (SSSR count). The van der Waals surface area contributed by atoms with Gasteiger partial charge in [0.15, 0.2) is 0 Å². The van der Waals surface area contributed by atoms with Crippen molar-refractivity contribution in [2.75, 3.05) is 13.1 Å². The molecule has 1 aromatic rings. The highest BCUT2D eigenvalue weighted by molar-refractivity contribution is 6.30. The maximum atomic E-state index is 12.2. The molecule has 1 heterocycles. The van der Waals surface area contributed by atoms with Gasteiger partial charge in [-0.2, -0.15) is 0 Å². The summed E-state index contributed by atoms with van der Waals surface area (Å²) in [6.45, 7) is 7.05. The van der Waals surface area contributed by atoms with E-state index in [4.69, 9.17) is 11.6 Å². The van der Waals surface area contributed by atoms with Gasteiger partial charge in [0.1, 0.15) is 0 Å². The summed E-state index contributed by atoms with van der Waals surface area (Å²) < 4.78 is 0. The van der Waals surface area contributed by atoms with E-state index in [0.717, 1.165) is 12.0 Å². The summed E-state index contributed by atoms with van der Waals surface area (Å²) in [7, 11) is 0. The van der Waals surface area contributed by atoms with E-state index >= 15 is 0 Å². The number of likely N-dealkylation sites (tertiary alicyclic amines) is 1. The van der Waals surface area contributed by atoms with Crippen molar-refractivity contribution in [3.05, 3.63) is 34.9 Å². The molecule has 1 aliphatic heterocycles. The molecule has 0 saturated carbocycles. The summed E-state index contributed by atoms with van der Waals surface area (Å²) in [5.74, 6) is -0.212. The first kappa shape index (κ1) is 16.8. The highest BCUT2D eigenvalue weighted by Crippen LogP contribution is 2.25. The zero-order valence-electron chi connectivity index (χ0n) is 13.4. The van der Waals surface area contributed by atoms with Crippen molar-refractivity contribution in [1.29, 1.82) is 0 Å². The number of benzene rings is 1. The second-order valence-corrected chi connectivity index (χ2v) is 7.18. The number of hydrogen-bond donors (Lipinski definition) is 1. The number of rotatable bonds is 4. The van der Waals surface area contributed by atoms with E-state index in [1.165, 1.54) is 0 Å². The maximum absolute atomic E-state index is 12.2. The highest BCUT2D eigenvalue weighted by Gasteiger charge is 2.39. The van der Waals surface area contributed by atoms with Crippen LogP contribution in [0.15, 0.2) is 24.3 Å². The van der Waals surface area contributed by atoms with Gasteiger partial charge in [-0.15, -0.1) is 0 Å². The first-order chi connectivity index (χ1) is 10.3. The van der Waals surface area contributed by atoms with Gasteiger partial charge in [-0.05, 0) is 44.9 Å². The van der Waals surface area contributed by atoms with Crippen LogP contribution in [0.3, 0.4) is 0 Å². The molecular weight excluding hydrogens is 300 g/mol. The molecule has 4 nitrogen and oxygen atoms in total. The largest absolute Gasteiger partial charge is 0.355 e. The van der Waals surface area contributed by atoms with Gasteiger partial charge in [-0.3, -0.25) is 9.59 Å². The number of amides is 2. The Morgan fingerprint density at radius 2 is 1.95 bits per heavy atom. The van der Waals surface area contributed by atoms with Crippen molar-refractivity contribution in [2.45, 2.75) is 39.2 Å². The second-order valence-electron chi connectivity index (χ2n) is 6.74. The third kappa shape index (κ3) is 4.23. The van der Waals surface area contributed by atoms with Gasteiger partial charge < -0.3 is 10.2 Å². The van der Waals surface area contributed by atoms with Gasteiger partial charge in [0.25, 0.3) is 0 Å². The molecule has 120 valence electrons. The van der Waals surface area contributed by atoms with E-state index in [1.807, 2.05) is 45.0 Å². The average Bonchev–Trinajstić information content (AvgIpc) is 2.83. The van der Waals surface area contributed by atoms with Crippen LogP contribution in [0.1, 0.15) is 32.8 Å². The van der Waals surface area contributed by atoms with Crippen LogP contribution in [0, 0.1) is 5.92 Å². The normalized spacial score (nSPS) is 18.6. The Balaban J connectivity index is 1.81. The van der Waals surface area contributed by atoms with Crippen LogP contribution >= 0.6 is 11.6 Å². The monoisotopic (exact) mass is 322 g/mol. The molecule has 0 radical (unpaired) electrons. The fourth-order valence-electron chi connectivity index (χ4n) is 2.66. The minimum absolute atomic E-state index is 0.0333.